The molecule has 6 N–H and O–H groups in total. The number of anilines is 3. The number of nitrogen functional groups attached to an aromatic ring is 2. The van der Waals surface area contributed by atoms with Crippen LogP contribution < -0.4 is 22.3 Å². The van der Waals surface area contributed by atoms with E-state index in [1.165, 1.54) is 6.08 Å². The Morgan fingerprint density at radius 1 is 1.24 bits per heavy atom. The van der Waals surface area contributed by atoms with E-state index in [4.69, 9.17) is 27.5 Å². The van der Waals surface area contributed by atoms with E-state index in [0.717, 1.165) is 10.9 Å². The lowest BCUT2D eigenvalue weighted by molar-refractivity contribution is -0.111. The number of nitrogens with one attached hydrogen (secondary N) is 2. The third-order valence-electron chi connectivity index (χ3n) is 4.96. The zero-order valence-corrected chi connectivity index (χ0v) is 18.2. The van der Waals surface area contributed by atoms with Crippen LogP contribution in [-0.2, 0) is 4.79 Å². The lowest BCUT2D eigenvalue weighted by Gasteiger charge is -2.10. The average Bonchev–Trinajstić information content (AvgIpc) is 3.12. The number of benzene rings is 2. The molecule has 0 unspecified atom stereocenters. The molecular formula is C23H19ClN6O3. The Hall–Kier alpha value is -4.37. The zero-order valence-electron chi connectivity index (χ0n) is 17.5. The first kappa shape index (κ1) is 21.8. The molecular weight excluding hydrogens is 444 g/mol. The highest BCUT2D eigenvalue weighted by Gasteiger charge is 2.24. The SMILES string of the molecule is C=CC(=O)Nc1ccc(N=C(c2oc3ccc(Cl)cc3c2C)c2c(N)n[nH]c(=O)c2N)cc1. The summed E-state index contributed by atoms with van der Waals surface area (Å²) in [6.07, 6.45) is 1.17. The topological polar surface area (TPSA) is 152 Å². The molecule has 0 atom stereocenters. The molecule has 4 aromatic rings. The maximum atomic E-state index is 12.2. The van der Waals surface area contributed by atoms with Crippen LogP contribution in [0.25, 0.3) is 11.0 Å². The highest BCUT2D eigenvalue weighted by Crippen LogP contribution is 2.32. The lowest BCUT2D eigenvalue weighted by atomic mass is 10.0. The first-order valence-electron chi connectivity index (χ1n) is 9.73. The lowest BCUT2D eigenvalue weighted by Crippen LogP contribution is -2.22. The summed E-state index contributed by atoms with van der Waals surface area (Å²) in [5.41, 5.74) is 14.2. The van der Waals surface area contributed by atoms with Gasteiger partial charge in [-0.05, 0) is 55.5 Å². The summed E-state index contributed by atoms with van der Waals surface area (Å²) in [6.45, 7) is 5.27. The third-order valence-corrected chi connectivity index (χ3v) is 5.19. The van der Waals surface area contributed by atoms with Gasteiger partial charge in [0.2, 0.25) is 5.91 Å². The smallest absolute Gasteiger partial charge is 0.288 e. The second-order valence-electron chi connectivity index (χ2n) is 7.12. The van der Waals surface area contributed by atoms with Crippen molar-refractivity contribution in [1.29, 1.82) is 0 Å². The Morgan fingerprint density at radius 3 is 2.67 bits per heavy atom. The van der Waals surface area contributed by atoms with E-state index in [-0.39, 0.29) is 28.7 Å². The number of halogens is 1. The Balaban J connectivity index is 1.93. The standard InChI is InChI=1S/C23H19ClN6O3/c1-3-17(31)27-13-5-7-14(8-6-13)28-20(18-19(25)23(32)30-29-22(18)26)21-11(2)15-10-12(24)4-9-16(15)33-21/h3-10H,1H2,2H3,(H,27,31)(H,30,32)(H4,25,26,29). The molecule has 0 saturated carbocycles. The normalized spacial score (nSPS) is 11.5. The first-order chi connectivity index (χ1) is 15.8. The van der Waals surface area contributed by atoms with Crippen molar-refractivity contribution in [1.82, 2.24) is 10.2 Å². The van der Waals surface area contributed by atoms with Gasteiger partial charge in [-0.1, -0.05) is 18.2 Å². The molecule has 2 aromatic heterocycles. The summed E-state index contributed by atoms with van der Waals surface area (Å²) in [5, 5.41) is 10.1. The van der Waals surface area contributed by atoms with Crippen molar-refractivity contribution in [2.45, 2.75) is 6.92 Å². The van der Waals surface area contributed by atoms with Gasteiger partial charge >= 0.3 is 0 Å². The zero-order chi connectivity index (χ0) is 23.7. The van der Waals surface area contributed by atoms with Crippen LogP contribution in [0.3, 0.4) is 0 Å². The van der Waals surface area contributed by atoms with Gasteiger partial charge in [-0.25, -0.2) is 10.1 Å². The molecule has 4 rings (SSSR count). The largest absolute Gasteiger partial charge is 0.454 e. The quantitative estimate of drug-likeness (QED) is 0.260. The molecule has 0 aliphatic rings. The number of nitrogens with two attached hydrogens (primary N) is 2. The number of furan rings is 1. The predicted octanol–water partition coefficient (Wildman–Crippen LogP) is 3.94. The number of nitrogens with zero attached hydrogens (tertiary/aromatic N) is 2. The summed E-state index contributed by atoms with van der Waals surface area (Å²) in [7, 11) is 0. The van der Waals surface area contributed by atoms with Crippen molar-refractivity contribution in [3.05, 3.63) is 87.4 Å². The van der Waals surface area contributed by atoms with Gasteiger partial charge in [0, 0.05) is 21.7 Å². The minimum Gasteiger partial charge on any atom is -0.454 e. The molecule has 0 bridgehead atoms. The van der Waals surface area contributed by atoms with Gasteiger partial charge < -0.3 is 21.2 Å². The van der Waals surface area contributed by atoms with Gasteiger partial charge in [-0.15, -0.1) is 0 Å². The summed E-state index contributed by atoms with van der Waals surface area (Å²) >= 11 is 6.16. The molecule has 0 spiro atoms. The van der Waals surface area contributed by atoms with Crippen LogP contribution in [0, 0.1) is 6.92 Å². The van der Waals surface area contributed by atoms with Crippen molar-refractivity contribution >= 4 is 57.1 Å². The van der Waals surface area contributed by atoms with Gasteiger partial charge in [0.1, 0.15) is 17.0 Å². The molecule has 9 nitrogen and oxygen atoms in total. The summed E-state index contributed by atoms with van der Waals surface area (Å²) < 4.78 is 6.07. The summed E-state index contributed by atoms with van der Waals surface area (Å²) in [5.74, 6) is 0.0133. The first-order valence-corrected chi connectivity index (χ1v) is 10.1. The second-order valence-corrected chi connectivity index (χ2v) is 7.56. The number of rotatable bonds is 5. The van der Waals surface area contributed by atoms with Crippen molar-refractivity contribution in [2.24, 2.45) is 4.99 Å². The number of aryl methyl sites for hydroxylation is 1. The minimum atomic E-state index is -0.605. The van der Waals surface area contributed by atoms with E-state index >= 15 is 0 Å². The minimum absolute atomic E-state index is 0.0152. The van der Waals surface area contributed by atoms with Crippen LogP contribution in [0.4, 0.5) is 22.9 Å². The molecule has 0 aliphatic heterocycles. The van der Waals surface area contributed by atoms with E-state index in [1.807, 2.05) is 6.92 Å². The Morgan fingerprint density at radius 2 is 1.97 bits per heavy atom. The number of carbonyl (C=O) groups is 1. The fourth-order valence-corrected chi connectivity index (χ4v) is 3.48. The van der Waals surface area contributed by atoms with E-state index in [2.05, 4.69) is 27.1 Å². The van der Waals surface area contributed by atoms with E-state index in [9.17, 15) is 9.59 Å². The fourth-order valence-electron chi connectivity index (χ4n) is 3.31. The molecule has 33 heavy (non-hydrogen) atoms. The summed E-state index contributed by atoms with van der Waals surface area (Å²) in [6, 6.07) is 11.9. The molecule has 1 amide bonds. The number of carbonyl (C=O) groups excluding carboxylic acids is 1. The van der Waals surface area contributed by atoms with Crippen molar-refractivity contribution in [2.75, 3.05) is 16.8 Å². The number of aromatic nitrogens is 2. The number of fused-ring (bicyclic) bond motifs is 1. The average molecular weight is 463 g/mol. The molecule has 0 saturated heterocycles. The van der Waals surface area contributed by atoms with Gasteiger partial charge in [0.05, 0.1) is 11.3 Å². The van der Waals surface area contributed by atoms with E-state index in [0.29, 0.717) is 27.7 Å². The summed E-state index contributed by atoms with van der Waals surface area (Å²) in [4.78, 5) is 28.4. The molecule has 0 aliphatic carbocycles. The number of hydrogen-bond donors (Lipinski definition) is 4. The molecule has 0 radical (unpaired) electrons. The number of aliphatic imine (C=N–C) groups is 1. The Labute approximate surface area is 192 Å². The highest BCUT2D eigenvalue weighted by molar-refractivity contribution is 6.31. The maximum Gasteiger partial charge on any atom is 0.288 e. The fraction of sp³-hybridized carbons (Fsp3) is 0.0435. The van der Waals surface area contributed by atoms with E-state index in [1.54, 1.807) is 42.5 Å². The highest BCUT2D eigenvalue weighted by atomic mass is 35.5. The number of amides is 1. The van der Waals surface area contributed by atoms with Crippen LogP contribution in [-0.4, -0.2) is 21.8 Å². The molecule has 0 fully saturated rings. The molecule has 2 heterocycles. The molecule has 2 aromatic carbocycles. The van der Waals surface area contributed by atoms with Crippen LogP contribution in [0.2, 0.25) is 5.02 Å². The monoisotopic (exact) mass is 462 g/mol. The number of hydrogen-bond acceptors (Lipinski definition) is 7. The van der Waals surface area contributed by atoms with Gasteiger partial charge in [-0.3, -0.25) is 9.59 Å². The predicted molar refractivity (Wildman–Crippen MR) is 130 cm³/mol. The second kappa shape index (κ2) is 8.64. The van der Waals surface area contributed by atoms with Gasteiger partial charge in [0.25, 0.3) is 5.56 Å². The molecule has 10 heteroatoms. The maximum absolute atomic E-state index is 12.2. The van der Waals surface area contributed by atoms with Crippen LogP contribution >= 0.6 is 11.6 Å². The van der Waals surface area contributed by atoms with Crippen molar-refractivity contribution in [3.8, 4) is 0 Å². The Kier molecular flexibility index (Phi) is 5.72. The van der Waals surface area contributed by atoms with E-state index < -0.39 is 5.56 Å². The Bertz CT molecular complexity index is 1480. The van der Waals surface area contributed by atoms with Crippen molar-refractivity contribution in [3.63, 3.8) is 0 Å². The number of aromatic amines is 1. The molecule has 166 valence electrons. The van der Waals surface area contributed by atoms with Crippen LogP contribution in [0.1, 0.15) is 16.9 Å². The van der Waals surface area contributed by atoms with Crippen molar-refractivity contribution < 1.29 is 9.21 Å². The van der Waals surface area contributed by atoms with Gasteiger partial charge in [0.15, 0.2) is 11.6 Å². The van der Waals surface area contributed by atoms with Gasteiger partial charge in [-0.2, -0.15) is 5.10 Å². The third kappa shape index (κ3) is 4.21. The number of H-pyrrole nitrogens is 1. The van der Waals surface area contributed by atoms with Crippen LogP contribution in [0.5, 0.6) is 0 Å². The van der Waals surface area contributed by atoms with Crippen LogP contribution in [0.15, 0.2) is 69.3 Å².